The van der Waals surface area contributed by atoms with Gasteiger partial charge in [0, 0.05) is 13.1 Å². The molecule has 1 atom stereocenters. The molecule has 3 rings (SSSR count). The summed E-state index contributed by atoms with van der Waals surface area (Å²) in [5, 5.41) is 0. The molecule has 4 nitrogen and oxygen atoms in total. The number of aryl methyl sites for hydroxylation is 2. The Morgan fingerprint density at radius 2 is 1.92 bits per heavy atom. The minimum absolute atomic E-state index is 0.218. The average molecular weight is 345 g/mol. The average Bonchev–Trinajstić information content (AvgIpc) is 2.62. The summed E-state index contributed by atoms with van der Waals surface area (Å²) in [7, 11) is -3.48. The van der Waals surface area contributed by atoms with Gasteiger partial charge in [-0.3, -0.25) is 0 Å². The number of morpholine rings is 1. The van der Waals surface area contributed by atoms with E-state index in [4.69, 9.17) is 4.74 Å². The lowest BCUT2D eigenvalue weighted by Gasteiger charge is -2.32. The molecule has 1 unspecified atom stereocenters. The third kappa shape index (κ3) is 3.53. The van der Waals surface area contributed by atoms with Crippen LogP contribution in [-0.2, 0) is 21.2 Å². The molecule has 0 aliphatic carbocycles. The van der Waals surface area contributed by atoms with Gasteiger partial charge in [-0.1, -0.05) is 43.3 Å². The van der Waals surface area contributed by atoms with E-state index in [1.807, 2.05) is 25.1 Å². The van der Waals surface area contributed by atoms with E-state index in [0.717, 1.165) is 17.5 Å². The van der Waals surface area contributed by atoms with Crippen LogP contribution in [0.15, 0.2) is 53.4 Å². The molecule has 1 saturated heterocycles. The van der Waals surface area contributed by atoms with Gasteiger partial charge in [0.05, 0.1) is 17.6 Å². The topological polar surface area (TPSA) is 46.6 Å². The summed E-state index contributed by atoms with van der Waals surface area (Å²) in [5.74, 6) is 0. The number of ether oxygens (including phenoxy) is 1. The number of hydrogen-bond acceptors (Lipinski definition) is 3. The standard InChI is InChI=1S/C19H23NO3S/c1-3-16-7-9-17(10-8-16)19-14-20(11-12-23-19)24(21,22)18-6-4-5-15(2)13-18/h4-10,13,19H,3,11-12,14H2,1-2H3. The summed E-state index contributed by atoms with van der Waals surface area (Å²) < 4.78 is 33.1. The Morgan fingerprint density at radius 1 is 1.17 bits per heavy atom. The quantitative estimate of drug-likeness (QED) is 0.854. The summed E-state index contributed by atoms with van der Waals surface area (Å²) >= 11 is 0. The van der Waals surface area contributed by atoms with E-state index < -0.39 is 10.0 Å². The molecule has 24 heavy (non-hydrogen) atoms. The Bertz CT molecular complexity index is 800. The monoisotopic (exact) mass is 345 g/mol. The molecular formula is C19H23NO3S. The predicted molar refractivity (Wildman–Crippen MR) is 94.5 cm³/mol. The van der Waals surface area contributed by atoms with Gasteiger partial charge in [-0.2, -0.15) is 4.31 Å². The Morgan fingerprint density at radius 3 is 2.58 bits per heavy atom. The zero-order chi connectivity index (χ0) is 17.2. The van der Waals surface area contributed by atoms with Crippen LogP contribution in [0.4, 0.5) is 0 Å². The first-order chi connectivity index (χ1) is 11.5. The summed E-state index contributed by atoms with van der Waals surface area (Å²) in [6.45, 7) is 5.16. The van der Waals surface area contributed by atoms with E-state index in [-0.39, 0.29) is 6.10 Å². The molecule has 1 aliphatic heterocycles. The van der Waals surface area contributed by atoms with Crippen LogP contribution in [-0.4, -0.2) is 32.4 Å². The highest BCUT2D eigenvalue weighted by molar-refractivity contribution is 7.89. The molecule has 1 heterocycles. The van der Waals surface area contributed by atoms with Crippen LogP contribution in [0.3, 0.4) is 0 Å². The van der Waals surface area contributed by atoms with Crippen LogP contribution in [0, 0.1) is 6.92 Å². The molecule has 0 spiro atoms. The number of nitrogens with zero attached hydrogens (tertiary/aromatic N) is 1. The van der Waals surface area contributed by atoms with Crippen molar-refractivity contribution < 1.29 is 13.2 Å². The van der Waals surface area contributed by atoms with E-state index in [0.29, 0.717) is 24.6 Å². The van der Waals surface area contributed by atoms with Crippen molar-refractivity contribution in [1.29, 1.82) is 0 Å². The Hall–Kier alpha value is -1.69. The summed E-state index contributed by atoms with van der Waals surface area (Å²) in [4.78, 5) is 0.351. The van der Waals surface area contributed by atoms with E-state index >= 15 is 0 Å². The van der Waals surface area contributed by atoms with Crippen molar-refractivity contribution in [3.05, 3.63) is 65.2 Å². The second-order valence-electron chi connectivity index (χ2n) is 6.13. The maximum Gasteiger partial charge on any atom is 0.243 e. The minimum atomic E-state index is -3.48. The lowest BCUT2D eigenvalue weighted by Crippen LogP contribution is -2.42. The third-order valence-corrected chi connectivity index (χ3v) is 6.28. The van der Waals surface area contributed by atoms with Gasteiger partial charge in [-0.05, 0) is 42.2 Å². The first kappa shape index (κ1) is 17.1. The van der Waals surface area contributed by atoms with Gasteiger partial charge >= 0.3 is 0 Å². The fourth-order valence-electron chi connectivity index (χ4n) is 2.94. The molecule has 0 radical (unpaired) electrons. The van der Waals surface area contributed by atoms with Gasteiger partial charge in [0.25, 0.3) is 0 Å². The van der Waals surface area contributed by atoms with Gasteiger partial charge in [0.15, 0.2) is 0 Å². The number of hydrogen-bond donors (Lipinski definition) is 0. The number of rotatable bonds is 4. The fraction of sp³-hybridized carbons (Fsp3) is 0.368. The number of sulfonamides is 1. The molecule has 5 heteroatoms. The van der Waals surface area contributed by atoms with E-state index in [1.165, 1.54) is 9.87 Å². The zero-order valence-corrected chi connectivity index (χ0v) is 14.9. The Labute approximate surface area is 144 Å². The van der Waals surface area contributed by atoms with E-state index in [1.54, 1.807) is 18.2 Å². The summed E-state index contributed by atoms with van der Waals surface area (Å²) in [6, 6.07) is 15.3. The number of benzene rings is 2. The largest absolute Gasteiger partial charge is 0.371 e. The van der Waals surface area contributed by atoms with Crippen LogP contribution >= 0.6 is 0 Å². The third-order valence-electron chi connectivity index (χ3n) is 4.42. The van der Waals surface area contributed by atoms with E-state index in [9.17, 15) is 8.42 Å². The van der Waals surface area contributed by atoms with Crippen molar-refractivity contribution >= 4 is 10.0 Å². The fourth-order valence-corrected chi connectivity index (χ4v) is 4.47. The van der Waals surface area contributed by atoms with Crippen LogP contribution in [0.5, 0.6) is 0 Å². The van der Waals surface area contributed by atoms with Gasteiger partial charge in [0.2, 0.25) is 10.0 Å². The van der Waals surface area contributed by atoms with Crippen molar-refractivity contribution in [2.45, 2.75) is 31.3 Å². The van der Waals surface area contributed by atoms with Gasteiger partial charge < -0.3 is 4.74 Å². The van der Waals surface area contributed by atoms with E-state index in [2.05, 4.69) is 19.1 Å². The second kappa shape index (κ2) is 7.05. The van der Waals surface area contributed by atoms with Crippen molar-refractivity contribution in [2.75, 3.05) is 19.7 Å². The van der Waals surface area contributed by atoms with Crippen molar-refractivity contribution in [1.82, 2.24) is 4.31 Å². The first-order valence-electron chi connectivity index (χ1n) is 8.28. The Kier molecular flexibility index (Phi) is 5.04. The maximum atomic E-state index is 12.9. The molecule has 1 aliphatic rings. The smallest absolute Gasteiger partial charge is 0.243 e. The van der Waals surface area contributed by atoms with Crippen molar-refractivity contribution in [3.8, 4) is 0 Å². The molecule has 1 fully saturated rings. The molecule has 0 amide bonds. The maximum absolute atomic E-state index is 12.9. The zero-order valence-electron chi connectivity index (χ0n) is 14.1. The molecule has 2 aromatic rings. The molecule has 0 aromatic heterocycles. The van der Waals surface area contributed by atoms with Crippen LogP contribution in [0.25, 0.3) is 0 Å². The van der Waals surface area contributed by atoms with Crippen LogP contribution in [0.2, 0.25) is 0 Å². The second-order valence-corrected chi connectivity index (χ2v) is 8.07. The van der Waals surface area contributed by atoms with Crippen molar-refractivity contribution in [3.63, 3.8) is 0 Å². The summed E-state index contributed by atoms with van der Waals surface area (Å²) in [6.07, 6.45) is 0.767. The summed E-state index contributed by atoms with van der Waals surface area (Å²) in [5.41, 5.74) is 3.23. The SMILES string of the molecule is CCc1ccc(C2CN(S(=O)(=O)c3cccc(C)c3)CCO2)cc1. The molecule has 128 valence electrons. The predicted octanol–water partition coefficient (Wildman–Crippen LogP) is 3.32. The van der Waals surface area contributed by atoms with Gasteiger partial charge in [-0.25, -0.2) is 8.42 Å². The Balaban J connectivity index is 1.82. The molecular weight excluding hydrogens is 322 g/mol. The van der Waals surface area contributed by atoms with Gasteiger partial charge in [-0.15, -0.1) is 0 Å². The highest BCUT2D eigenvalue weighted by Crippen LogP contribution is 2.27. The minimum Gasteiger partial charge on any atom is -0.371 e. The molecule has 0 bridgehead atoms. The first-order valence-corrected chi connectivity index (χ1v) is 9.72. The molecule has 0 saturated carbocycles. The normalized spacial score (nSPS) is 19.3. The lowest BCUT2D eigenvalue weighted by atomic mass is 10.1. The highest BCUT2D eigenvalue weighted by atomic mass is 32.2. The molecule has 2 aromatic carbocycles. The highest BCUT2D eigenvalue weighted by Gasteiger charge is 2.31. The lowest BCUT2D eigenvalue weighted by molar-refractivity contribution is -0.00256. The van der Waals surface area contributed by atoms with Crippen molar-refractivity contribution in [2.24, 2.45) is 0 Å². The van der Waals surface area contributed by atoms with Gasteiger partial charge in [0.1, 0.15) is 0 Å². The van der Waals surface area contributed by atoms with Crippen LogP contribution < -0.4 is 0 Å². The van der Waals surface area contributed by atoms with Crippen LogP contribution in [0.1, 0.15) is 29.7 Å². The molecule has 0 N–H and O–H groups in total.